The fourth-order valence-corrected chi connectivity index (χ4v) is 7.17. The van der Waals surface area contributed by atoms with Gasteiger partial charge in [-0.25, -0.2) is 4.57 Å². The van der Waals surface area contributed by atoms with E-state index in [1.807, 2.05) is 54.6 Å². The summed E-state index contributed by atoms with van der Waals surface area (Å²) in [6.45, 7) is 8.31. The van der Waals surface area contributed by atoms with Crippen molar-refractivity contribution in [3.05, 3.63) is 119 Å². The highest BCUT2D eigenvalue weighted by molar-refractivity contribution is 6.39. The molecule has 0 spiro atoms. The van der Waals surface area contributed by atoms with Gasteiger partial charge in [0.25, 0.3) is 11.1 Å². The Labute approximate surface area is 233 Å². The van der Waals surface area contributed by atoms with E-state index in [-0.39, 0.29) is 23.0 Å². The van der Waals surface area contributed by atoms with Crippen LogP contribution < -0.4 is 22.0 Å². The number of nitrogens with zero attached hydrogens (tertiary/aromatic N) is 1. The molecule has 8 rings (SSSR count). The van der Waals surface area contributed by atoms with Gasteiger partial charge in [-0.15, -0.1) is 0 Å². The third-order valence-electron chi connectivity index (χ3n) is 9.03. The zero-order valence-electron chi connectivity index (χ0n) is 23.1. The predicted octanol–water partition coefficient (Wildman–Crippen LogP) is 6.84. The molecule has 0 saturated carbocycles. The topological polar surface area (TPSA) is 73.2 Å². The summed E-state index contributed by atoms with van der Waals surface area (Å²) in [6.07, 6.45) is 0. The fraction of sp³-hybridized carbons (Fsp3) is 0.167. The Kier molecular flexibility index (Phi) is 4.58. The molecule has 0 saturated heterocycles. The Balaban J connectivity index is 1.60. The van der Waals surface area contributed by atoms with E-state index in [2.05, 4.69) is 27.7 Å². The molecule has 41 heavy (non-hydrogen) atoms. The van der Waals surface area contributed by atoms with Crippen LogP contribution in [0.1, 0.15) is 50.7 Å². The molecule has 0 radical (unpaired) electrons. The molecule has 7 aromatic carbocycles. The van der Waals surface area contributed by atoms with E-state index < -0.39 is 10.9 Å². The second-order valence-electron chi connectivity index (χ2n) is 11.8. The molecule has 198 valence electrons. The Hall–Kier alpha value is -4.90. The first-order valence-electron chi connectivity index (χ1n) is 14.0. The second-order valence-corrected chi connectivity index (χ2v) is 11.8. The number of fused-ring (bicyclic) bond motifs is 2. The van der Waals surface area contributed by atoms with Gasteiger partial charge in [0, 0.05) is 32.3 Å². The van der Waals surface area contributed by atoms with Crippen molar-refractivity contribution < 1.29 is 0 Å². The van der Waals surface area contributed by atoms with Crippen LogP contribution in [0.2, 0.25) is 0 Å². The largest absolute Gasteiger partial charge is 0.285 e. The monoisotopic (exact) mass is 535 g/mol. The van der Waals surface area contributed by atoms with Crippen molar-refractivity contribution in [2.24, 2.45) is 0 Å². The number of benzene rings is 6. The molecule has 0 N–H and O–H groups in total. The van der Waals surface area contributed by atoms with Gasteiger partial charge in [-0.05, 0) is 79.5 Å². The van der Waals surface area contributed by atoms with Crippen LogP contribution in [0.5, 0.6) is 0 Å². The van der Waals surface area contributed by atoms with Crippen molar-refractivity contribution in [1.29, 1.82) is 0 Å². The Morgan fingerprint density at radius 1 is 0.439 bits per heavy atom. The van der Waals surface area contributed by atoms with Crippen molar-refractivity contribution in [2.75, 3.05) is 0 Å². The van der Waals surface area contributed by atoms with Crippen LogP contribution in [0.3, 0.4) is 0 Å². The molecule has 1 aromatic heterocycles. The third kappa shape index (κ3) is 2.80. The maximum absolute atomic E-state index is 14.3. The summed E-state index contributed by atoms with van der Waals surface area (Å²) in [5.41, 5.74) is 1.03. The van der Waals surface area contributed by atoms with Crippen LogP contribution in [0.25, 0.3) is 70.3 Å². The van der Waals surface area contributed by atoms with Crippen LogP contribution in [0.4, 0.5) is 0 Å². The van der Waals surface area contributed by atoms with Gasteiger partial charge < -0.3 is 0 Å². The van der Waals surface area contributed by atoms with Crippen LogP contribution in [-0.2, 0) is 0 Å². The lowest BCUT2D eigenvalue weighted by molar-refractivity contribution is 0.793. The van der Waals surface area contributed by atoms with Crippen molar-refractivity contribution in [3.63, 3.8) is 0 Å². The summed E-state index contributed by atoms with van der Waals surface area (Å²) in [4.78, 5) is 54.1. The van der Waals surface area contributed by atoms with Gasteiger partial charge in [-0.3, -0.25) is 19.2 Å². The molecule has 0 unspecified atom stereocenters. The lowest BCUT2D eigenvalue weighted by Crippen LogP contribution is -2.33. The summed E-state index contributed by atoms with van der Waals surface area (Å²) in [5.74, 6) is 0.239. The molecule has 0 amide bonds. The normalized spacial score (nSPS) is 12.7. The van der Waals surface area contributed by atoms with Gasteiger partial charge in [0.2, 0.25) is 10.9 Å². The molecule has 5 heteroatoms. The molecule has 8 aromatic rings. The van der Waals surface area contributed by atoms with Crippen LogP contribution in [-0.4, -0.2) is 4.57 Å². The molecular formula is C36H25NO4. The number of hydrogen-bond acceptors (Lipinski definition) is 4. The highest BCUT2D eigenvalue weighted by Crippen LogP contribution is 2.44. The molecule has 0 bridgehead atoms. The summed E-state index contributed by atoms with van der Waals surface area (Å²) in [5, 5.41) is 8.52. The van der Waals surface area contributed by atoms with Crippen molar-refractivity contribution in [1.82, 2.24) is 4.57 Å². The lowest BCUT2D eigenvalue weighted by Gasteiger charge is -2.22. The zero-order chi connectivity index (χ0) is 28.5. The number of aromatic nitrogens is 1. The maximum Gasteiger partial charge on any atom is 0.266 e. The first-order chi connectivity index (χ1) is 19.7. The summed E-state index contributed by atoms with van der Waals surface area (Å²) >= 11 is 0. The minimum absolute atomic E-state index is 0.120. The molecule has 5 nitrogen and oxygen atoms in total. The molecule has 0 aliphatic carbocycles. The highest BCUT2D eigenvalue weighted by Gasteiger charge is 2.25. The number of para-hydroxylation sites is 1. The number of rotatable bonds is 3. The lowest BCUT2D eigenvalue weighted by atomic mass is 9.87. The first-order valence-corrected chi connectivity index (χ1v) is 14.0. The van der Waals surface area contributed by atoms with Gasteiger partial charge in [0.05, 0.1) is 5.69 Å². The summed E-state index contributed by atoms with van der Waals surface area (Å²) in [7, 11) is 0. The minimum Gasteiger partial charge on any atom is -0.285 e. The predicted molar refractivity (Wildman–Crippen MR) is 169 cm³/mol. The third-order valence-corrected chi connectivity index (χ3v) is 9.03. The van der Waals surface area contributed by atoms with E-state index in [9.17, 15) is 19.2 Å². The van der Waals surface area contributed by atoms with E-state index in [1.54, 1.807) is 12.1 Å². The molecule has 0 aliphatic rings. The van der Waals surface area contributed by atoms with Crippen LogP contribution >= 0.6 is 0 Å². The quantitative estimate of drug-likeness (QED) is 0.141. The molecular weight excluding hydrogens is 510 g/mol. The molecule has 1 heterocycles. The Bertz CT molecular complexity index is 2450. The number of hydrogen-bond donors (Lipinski definition) is 0. The van der Waals surface area contributed by atoms with Gasteiger partial charge in [0.15, 0.2) is 0 Å². The standard InChI is InChI=1S/C36H25NO4/c1-16(2)18-6-5-7-19(17(3)4)32(18)37-35(40)26-14-10-22-20-8-12-24-30-25(34(39)33(24)38)13-9-21(28(20)30)23-11-15-27(36(37)41)31(26)29(22)23/h5-17H,1-4H3. The summed E-state index contributed by atoms with van der Waals surface area (Å²) < 4.78 is 1.39. The Morgan fingerprint density at radius 2 is 0.756 bits per heavy atom. The van der Waals surface area contributed by atoms with Crippen LogP contribution in [0, 0.1) is 0 Å². The van der Waals surface area contributed by atoms with E-state index in [4.69, 9.17) is 0 Å². The highest BCUT2D eigenvalue weighted by atomic mass is 16.2. The van der Waals surface area contributed by atoms with Crippen molar-refractivity contribution >= 4 is 64.6 Å². The van der Waals surface area contributed by atoms with E-state index >= 15 is 0 Å². The maximum atomic E-state index is 14.3. The number of pyridine rings is 1. The Morgan fingerprint density at radius 3 is 1.15 bits per heavy atom. The minimum atomic E-state index is -0.474. The average molecular weight is 536 g/mol. The van der Waals surface area contributed by atoms with Crippen molar-refractivity contribution in [2.45, 2.75) is 39.5 Å². The first kappa shape index (κ1) is 23.9. The van der Waals surface area contributed by atoms with E-state index in [1.165, 1.54) is 4.57 Å². The van der Waals surface area contributed by atoms with Crippen LogP contribution in [0.15, 0.2) is 85.9 Å². The molecule has 0 atom stereocenters. The van der Waals surface area contributed by atoms with Gasteiger partial charge in [0.1, 0.15) is 0 Å². The van der Waals surface area contributed by atoms with Gasteiger partial charge in [-0.2, -0.15) is 0 Å². The van der Waals surface area contributed by atoms with E-state index in [0.29, 0.717) is 38.0 Å². The summed E-state index contributed by atoms with van der Waals surface area (Å²) in [6, 6.07) is 20.8. The molecule has 0 aliphatic heterocycles. The van der Waals surface area contributed by atoms with E-state index in [0.717, 1.165) is 43.4 Å². The smallest absolute Gasteiger partial charge is 0.266 e. The SMILES string of the molecule is CC(C)c1cccc(C(C)C)c1-n1c(=O)c2ccc3c4ccc5c(=O)c(=O)c6ccc(c7ccc(c1=O)c2c37)c4c56. The molecule has 0 fully saturated rings. The fourth-order valence-electron chi connectivity index (χ4n) is 7.17. The van der Waals surface area contributed by atoms with Gasteiger partial charge >= 0.3 is 0 Å². The average Bonchev–Trinajstić information content (AvgIpc) is 3.22. The van der Waals surface area contributed by atoms with Crippen molar-refractivity contribution in [3.8, 4) is 5.69 Å². The zero-order valence-corrected chi connectivity index (χ0v) is 23.1. The van der Waals surface area contributed by atoms with Gasteiger partial charge in [-0.1, -0.05) is 70.2 Å². The second kappa shape index (κ2) is 7.85.